The molecule has 0 bridgehead atoms. The molecule has 0 saturated heterocycles. The number of esters is 1. The van der Waals surface area contributed by atoms with Crippen molar-refractivity contribution in [2.24, 2.45) is 0 Å². The van der Waals surface area contributed by atoms with Gasteiger partial charge in [-0.1, -0.05) is 0 Å². The number of nitrogens with zero attached hydrogens (tertiary/aromatic N) is 3. The Bertz CT molecular complexity index is 1040. The number of thiophene rings is 1. The second kappa shape index (κ2) is 8.28. The van der Waals surface area contributed by atoms with Gasteiger partial charge in [-0.15, -0.1) is 11.3 Å². The number of ether oxygens (including phenoxy) is 1. The average molecular weight is 414 g/mol. The van der Waals surface area contributed by atoms with Crippen LogP contribution in [0.5, 0.6) is 0 Å². The number of carbonyl (C=O) groups excluding carboxylic acids is 2. The van der Waals surface area contributed by atoms with E-state index in [1.54, 1.807) is 19.0 Å². The molecule has 1 aliphatic rings. The highest BCUT2D eigenvalue weighted by Crippen LogP contribution is 2.38. The van der Waals surface area contributed by atoms with Crippen molar-refractivity contribution in [1.82, 2.24) is 0 Å². The van der Waals surface area contributed by atoms with Gasteiger partial charge in [-0.2, -0.15) is 5.26 Å². The van der Waals surface area contributed by atoms with Crippen LogP contribution < -0.4 is 10.2 Å². The molecule has 0 fully saturated rings. The third-order valence-electron chi connectivity index (χ3n) is 4.51. The first kappa shape index (κ1) is 20.3. The zero-order valence-electron chi connectivity index (χ0n) is 15.9. The van der Waals surface area contributed by atoms with Gasteiger partial charge in [0.05, 0.1) is 16.1 Å². The zero-order chi connectivity index (χ0) is 21.1. The van der Waals surface area contributed by atoms with Gasteiger partial charge in [0.2, 0.25) is 0 Å². The summed E-state index contributed by atoms with van der Waals surface area (Å²) in [6.07, 6.45) is 2.71. The maximum absolute atomic E-state index is 12.2. The van der Waals surface area contributed by atoms with E-state index in [9.17, 15) is 25.0 Å². The molecule has 1 aromatic heterocycles. The minimum atomic E-state index is -0.845. The van der Waals surface area contributed by atoms with E-state index in [4.69, 9.17) is 4.74 Å². The van der Waals surface area contributed by atoms with Gasteiger partial charge in [0.1, 0.15) is 16.8 Å². The van der Waals surface area contributed by atoms with E-state index in [0.29, 0.717) is 16.3 Å². The Labute approximate surface area is 170 Å². The molecule has 3 rings (SSSR count). The van der Waals surface area contributed by atoms with Crippen LogP contribution in [0.3, 0.4) is 0 Å². The van der Waals surface area contributed by atoms with Crippen LogP contribution in [0.2, 0.25) is 0 Å². The standard InChI is InChI=1S/C19H18N4O5S/c1-22(2)14-7-6-11(8-15(14)23(26)27)19(25)28-10-17(24)21-18-13(9-20)12-4-3-5-16(12)29-18/h6-8H,3-5,10H2,1-2H3,(H,21,24). The van der Waals surface area contributed by atoms with E-state index in [2.05, 4.69) is 11.4 Å². The molecule has 0 atom stereocenters. The molecule has 0 aliphatic heterocycles. The first-order chi connectivity index (χ1) is 13.8. The van der Waals surface area contributed by atoms with Crippen LogP contribution in [-0.2, 0) is 22.4 Å². The molecule has 150 valence electrons. The van der Waals surface area contributed by atoms with Crippen molar-refractivity contribution in [3.63, 3.8) is 0 Å². The molecule has 0 radical (unpaired) electrons. The number of hydrogen-bond donors (Lipinski definition) is 1. The number of amides is 1. The van der Waals surface area contributed by atoms with Gasteiger partial charge in [-0.25, -0.2) is 4.79 Å². The van der Waals surface area contributed by atoms with Gasteiger partial charge in [0, 0.05) is 25.0 Å². The second-order valence-corrected chi connectivity index (χ2v) is 7.76. The molecule has 1 aliphatic carbocycles. The number of fused-ring (bicyclic) bond motifs is 1. The molecule has 1 aromatic carbocycles. The third kappa shape index (κ3) is 4.20. The molecule has 29 heavy (non-hydrogen) atoms. The number of anilines is 2. The van der Waals surface area contributed by atoms with Crippen molar-refractivity contribution in [2.45, 2.75) is 19.3 Å². The number of benzene rings is 1. The van der Waals surface area contributed by atoms with E-state index in [1.165, 1.54) is 23.5 Å². The fraction of sp³-hybridized carbons (Fsp3) is 0.316. The van der Waals surface area contributed by atoms with Crippen molar-refractivity contribution < 1.29 is 19.2 Å². The molecule has 9 nitrogen and oxygen atoms in total. The summed E-state index contributed by atoms with van der Waals surface area (Å²) in [6, 6.07) is 6.09. The van der Waals surface area contributed by atoms with E-state index < -0.39 is 23.4 Å². The van der Waals surface area contributed by atoms with Gasteiger partial charge in [0.15, 0.2) is 6.61 Å². The monoisotopic (exact) mass is 414 g/mol. The fourth-order valence-electron chi connectivity index (χ4n) is 3.16. The number of hydrogen-bond acceptors (Lipinski definition) is 8. The maximum atomic E-state index is 12.2. The predicted octanol–water partition coefficient (Wildman–Crippen LogP) is 2.88. The minimum absolute atomic E-state index is 0.0251. The summed E-state index contributed by atoms with van der Waals surface area (Å²) in [7, 11) is 3.31. The Kier molecular flexibility index (Phi) is 5.79. The Balaban J connectivity index is 1.65. The smallest absolute Gasteiger partial charge is 0.338 e. The minimum Gasteiger partial charge on any atom is -0.452 e. The quantitative estimate of drug-likeness (QED) is 0.437. The summed E-state index contributed by atoms with van der Waals surface area (Å²) in [4.78, 5) is 37.7. The van der Waals surface area contributed by atoms with E-state index in [0.717, 1.165) is 35.8 Å². The largest absolute Gasteiger partial charge is 0.452 e. The van der Waals surface area contributed by atoms with Crippen molar-refractivity contribution in [3.05, 3.63) is 49.9 Å². The summed E-state index contributed by atoms with van der Waals surface area (Å²) >= 11 is 1.37. The van der Waals surface area contributed by atoms with Crippen molar-refractivity contribution in [1.29, 1.82) is 5.26 Å². The van der Waals surface area contributed by atoms with Crippen LogP contribution >= 0.6 is 11.3 Å². The van der Waals surface area contributed by atoms with Gasteiger partial charge in [-0.05, 0) is 37.0 Å². The lowest BCUT2D eigenvalue weighted by Gasteiger charge is -2.13. The van der Waals surface area contributed by atoms with Gasteiger partial charge in [0.25, 0.3) is 11.6 Å². The van der Waals surface area contributed by atoms with Crippen LogP contribution in [-0.4, -0.2) is 37.5 Å². The Morgan fingerprint density at radius 3 is 2.79 bits per heavy atom. The molecule has 0 unspecified atom stereocenters. The lowest BCUT2D eigenvalue weighted by molar-refractivity contribution is -0.384. The molecule has 0 saturated carbocycles. The first-order valence-corrected chi connectivity index (χ1v) is 9.60. The van der Waals surface area contributed by atoms with Gasteiger partial charge < -0.3 is 15.0 Å². The number of rotatable bonds is 6. The summed E-state index contributed by atoms with van der Waals surface area (Å²) in [5, 5.41) is 23.7. The summed E-state index contributed by atoms with van der Waals surface area (Å²) < 4.78 is 4.98. The van der Waals surface area contributed by atoms with Crippen LogP contribution in [0.15, 0.2) is 18.2 Å². The SMILES string of the molecule is CN(C)c1ccc(C(=O)OCC(=O)Nc2sc3c(c2C#N)CCC3)cc1[N+](=O)[O-]. The number of aryl methyl sites for hydroxylation is 1. The van der Waals surface area contributed by atoms with Crippen molar-refractivity contribution in [3.8, 4) is 6.07 Å². The molecule has 1 heterocycles. The van der Waals surface area contributed by atoms with Crippen molar-refractivity contribution >= 4 is 39.6 Å². The molecular formula is C19H18N4O5S. The summed E-state index contributed by atoms with van der Waals surface area (Å²) in [5.41, 5.74) is 1.54. The zero-order valence-corrected chi connectivity index (χ0v) is 16.7. The van der Waals surface area contributed by atoms with Crippen LogP contribution in [0.25, 0.3) is 0 Å². The molecule has 1 N–H and O–H groups in total. The molecule has 0 spiro atoms. The highest BCUT2D eigenvalue weighted by atomic mass is 32.1. The van der Waals surface area contributed by atoms with E-state index >= 15 is 0 Å². The maximum Gasteiger partial charge on any atom is 0.338 e. The average Bonchev–Trinajstić information content (AvgIpc) is 3.26. The van der Waals surface area contributed by atoms with E-state index in [1.807, 2.05) is 0 Å². The highest BCUT2D eigenvalue weighted by Gasteiger charge is 2.24. The number of nitriles is 1. The predicted molar refractivity (Wildman–Crippen MR) is 107 cm³/mol. The van der Waals surface area contributed by atoms with Crippen molar-refractivity contribution in [2.75, 3.05) is 30.9 Å². The second-order valence-electron chi connectivity index (χ2n) is 6.65. The summed E-state index contributed by atoms with van der Waals surface area (Å²) in [6.45, 7) is -0.560. The Morgan fingerprint density at radius 2 is 2.14 bits per heavy atom. The van der Waals surface area contributed by atoms with E-state index in [-0.39, 0.29) is 11.3 Å². The fourth-order valence-corrected chi connectivity index (χ4v) is 4.42. The number of nitro groups is 1. The number of nitrogens with one attached hydrogen (secondary N) is 1. The Hall–Kier alpha value is -3.45. The molecular weight excluding hydrogens is 396 g/mol. The first-order valence-electron chi connectivity index (χ1n) is 8.79. The topological polar surface area (TPSA) is 126 Å². The highest BCUT2D eigenvalue weighted by molar-refractivity contribution is 7.16. The molecule has 2 aromatic rings. The van der Waals surface area contributed by atoms with Gasteiger partial charge in [-0.3, -0.25) is 14.9 Å². The van der Waals surface area contributed by atoms with Crippen LogP contribution in [0.1, 0.15) is 32.8 Å². The third-order valence-corrected chi connectivity index (χ3v) is 5.72. The summed E-state index contributed by atoms with van der Waals surface area (Å²) in [5.74, 6) is -1.42. The number of nitro benzene ring substituents is 1. The molecule has 10 heteroatoms. The number of carbonyl (C=O) groups is 2. The normalized spacial score (nSPS) is 12.0. The Morgan fingerprint density at radius 1 is 1.38 bits per heavy atom. The van der Waals surface area contributed by atoms with Crippen LogP contribution in [0, 0.1) is 21.4 Å². The molecule has 1 amide bonds. The van der Waals surface area contributed by atoms with Gasteiger partial charge >= 0.3 is 5.97 Å². The van der Waals surface area contributed by atoms with Crippen LogP contribution in [0.4, 0.5) is 16.4 Å². The lowest BCUT2D eigenvalue weighted by Crippen LogP contribution is -2.21. The lowest BCUT2D eigenvalue weighted by atomic mass is 10.1.